The molecular formula is C12H26N2. The largest absolute Gasteiger partial charge is 0.310 e. The van der Waals surface area contributed by atoms with Crippen molar-refractivity contribution in [3.8, 4) is 0 Å². The van der Waals surface area contributed by atoms with E-state index >= 15 is 0 Å². The lowest BCUT2D eigenvalue weighted by Crippen LogP contribution is -2.34. The summed E-state index contributed by atoms with van der Waals surface area (Å²) in [6, 6.07) is 0.740. The molecule has 0 aromatic rings. The summed E-state index contributed by atoms with van der Waals surface area (Å²) in [4.78, 5) is 2.52. The van der Waals surface area contributed by atoms with E-state index in [2.05, 4.69) is 45.0 Å². The molecule has 1 N–H and O–H groups in total. The van der Waals surface area contributed by atoms with Crippen LogP contribution in [0.25, 0.3) is 0 Å². The molecule has 1 rings (SSSR count). The van der Waals surface area contributed by atoms with Crippen LogP contribution >= 0.6 is 0 Å². The molecule has 0 radical (unpaired) electrons. The maximum Gasteiger partial charge on any atom is 0.0235 e. The molecule has 2 nitrogen and oxygen atoms in total. The van der Waals surface area contributed by atoms with Crippen molar-refractivity contribution in [2.75, 3.05) is 20.1 Å². The van der Waals surface area contributed by atoms with Crippen LogP contribution < -0.4 is 5.32 Å². The molecule has 1 fully saturated rings. The van der Waals surface area contributed by atoms with Gasteiger partial charge in [0.2, 0.25) is 0 Å². The third-order valence-corrected chi connectivity index (χ3v) is 3.24. The van der Waals surface area contributed by atoms with Gasteiger partial charge in [0.1, 0.15) is 0 Å². The van der Waals surface area contributed by atoms with Gasteiger partial charge in [-0.3, -0.25) is 0 Å². The van der Waals surface area contributed by atoms with Crippen LogP contribution in [0, 0.1) is 5.92 Å². The van der Waals surface area contributed by atoms with Gasteiger partial charge in [-0.1, -0.05) is 13.8 Å². The number of likely N-dealkylation sites (N-methyl/N-ethyl adjacent to an activating group) is 1. The monoisotopic (exact) mass is 198 g/mol. The molecule has 14 heavy (non-hydrogen) atoms. The Balaban J connectivity index is 2.29. The van der Waals surface area contributed by atoms with Gasteiger partial charge in [0.05, 0.1) is 0 Å². The predicted octanol–water partition coefficient (Wildman–Crippen LogP) is 2.10. The van der Waals surface area contributed by atoms with E-state index in [4.69, 9.17) is 0 Å². The van der Waals surface area contributed by atoms with Crippen molar-refractivity contribution >= 4 is 0 Å². The van der Waals surface area contributed by atoms with E-state index in [1.54, 1.807) is 0 Å². The molecule has 1 heterocycles. The summed E-state index contributed by atoms with van der Waals surface area (Å²) >= 11 is 0. The normalized spacial score (nSPS) is 26.4. The molecule has 1 unspecified atom stereocenters. The van der Waals surface area contributed by atoms with Crippen molar-refractivity contribution in [1.29, 1.82) is 0 Å². The molecule has 84 valence electrons. The Labute approximate surface area is 89.1 Å². The SMILES string of the molecule is CC(C)CCN(C)C1CNC(C)(C)C1. The Kier molecular flexibility index (Phi) is 3.96. The third-order valence-electron chi connectivity index (χ3n) is 3.24. The van der Waals surface area contributed by atoms with Gasteiger partial charge in [-0.15, -0.1) is 0 Å². The first-order chi connectivity index (χ1) is 6.41. The molecule has 0 aromatic heterocycles. The van der Waals surface area contributed by atoms with Crippen LogP contribution in [-0.4, -0.2) is 36.6 Å². The number of rotatable bonds is 4. The summed E-state index contributed by atoms with van der Waals surface area (Å²) < 4.78 is 0. The Morgan fingerprint density at radius 2 is 2.07 bits per heavy atom. The minimum atomic E-state index is 0.344. The first-order valence-electron chi connectivity index (χ1n) is 5.86. The molecule has 0 spiro atoms. The van der Waals surface area contributed by atoms with E-state index in [0.717, 1.165) is 18.5 Å². The summed E-state index contributed by atoms with van der Waals surface area (Å²) in [5, 5.41) is 3.57. The Morgan fingerprint density at radius 3 is 2.50 bits per heavy atom. The van der Waals surface area contributed by atoms with Gasteiger partial charge in [0.15, 0.2) is 0 Å². The molecule has 1 aliphatic rings. The zero-order valence-corrected chi connectivity index (χ0v) is 10.4. The van der Waals surface area contributed by atoms with Crippen molar-refractivity contribution in [3.63, 3.8) is 0 Å². The zero-order chi connectivity index (χ0) is 10.8. The van der Waals surface area contributed by atoms with Crippen LogP contribution in [0.4, 0.5) is 0 Å². The fraction of sp³-hybridized carbons (Fsp3) is 1.00. The highest BCUT2D eigenvalue weighted by Gasteiger charge is 2.32. The van der Waals surface area contributed by atoms with Crippen LogP contribution in [0.3, 0.4) is 0 Å². The Morgan fingerprint density at radius 1 is 1.43 bits per heavy atom. The van der Waals surface area contributed by atoms with Crippen LogP contribution in [0.1, 0.15) is 40.5 Å². The molecule has 2 heteroatoms. The molecular weight excluding hydrogens is 172 g/mol. The summed E-state index contributed by atoms with van der Waals surface area (Å²) in [6.07, 6.45) is 2.59. The predicted molar refractivity (Wildman–Crippen MR) is 62.6 cm³/mol. The Hall–Kier alpha value is -0.0800. The van der Waals surface area contributed by atoms with E-state index in [1.807, 2.05) is 0 Å². The number of nitrogens with zero attached hydrogens (tertiary/aromatic N) is 1. The van der Waals surface area contributed by atoms with Gasteiger partial charge in [0.25, 0.3) is 0 Å². The smallest absolute Gasteiger partial charge is 0.0235 e. The van der Waals surface area contributed by atoms with Crippen LogP contribution in [-0.2, 0) is 0 Å². The van der Waals surface area contributed by atoms with Crippen molar-refractivity contribution in [1.82, 2.24) is 10.2 Å². The standard InChI is InChI=1S/C12H26N2/c1-10(2)6-7-14(5)11-8-12(3,4)13-9-11/h10-11,13H,6-9H2,1-5H3. The van der Waals surface area contributed by atoms with E-state index < -0.39 is 0 Å². The second kappa shape index (κ2) is 4.63. The average Bonchev–Trinajstić information content (AvgIpc) is 2.41. The number of hydrogen-bond acceptors (Lipinski definition) is 2. The van der Waals surface area contributed by atoms with Crippen molar-refractivity contribution < 1.29 is 0 Å². The lowest BCUT2D eigenvalue weighted by Gasteiger charge is -2.25. The van der Waals surface area contributed by atoms with Gasteiger partial charge in [0, 0.05) is 18.1 Å². The quantitative estimate of drug-likeness (QED) is 0.744. The Bertz CT molecular complexity index is 175. The van der Waals surface area contributed by atoms with E-state index in [0.29, 0.717) is 5.54 Å². The summed E-state index contributed by atoms with van der Waals surface area (Å²) in [5.74, 6) is 0.819. The lowest BCUT2D eigenvalue weighted by molar-refractivity contribution is 0.235. The first-order valence-corrected chi connectivity index (χ1v) is 5.86. The molecule has 0 bridgehead atoms. The fourth-order valence-electron chi connectivity index (χ4n) is 2.08. The van der Waals surface area contributed by atoms with Gasteiger partial charge < -0.3 is 10.2 Å². The van der Waals surface area contributed by atoms with Gasteiger partial charge in [-0.2, -0.15) is 0 Å². The summed E-state index contributed by atoms with van der Waals surface area (Å²) in [5.41, 5.74) is 0.344. The highest BCUT2D eigenvalue weighted by atomic mass is 15.2. The lowest BCUT2D eigenvalue weighted by atomic mass is 10.0. The maximum absolute atomic E-state index is 3.57. The average molecular weight is 198 g/mol. The number of nitrogens with one attached hydrogen (secondary N) is 1. The molecule has 0 aliphatic carbocycles. The van der Waals surface area contributed by atoms with Crippen molar-refractivity contribution in [2.45, 2.75) is 52.1 Å². The molecule has 0 amide bonds. The fourth-order valence-corrected chi connectivity index (χ4v) is 2.08. The topological polar surface area (TPSA) is 15.3 Å². The number of hydrogen-bond donors (Lipinski definition) is 1. The molecule has 1 aliphatic heterocycles. The van der Waals surface area contributed by atoms with Crippen molar-refractivity contribution in [2.24, 2.45) is 5.92 Å². The second-order valence-corrected chi connectivity index (χ2v) is 5.79. The molecule has 0 saturated carbocycles. The van der Waals surface area contributed by atoms with Gasteiger partial charge in [-0.05, 0) is 46.2 Å². The minimum absolute atomic E-state index is 0.344. The highest BCUT2D eigenvalue weighted by molar-refractivity contribution is 4.93. The van der Waals surface area contributed by atoms with E-state index in [-0.39, 0.29) is 0 Å². The second-order valence-electron chi connectivity index (χ2n) is 5.79. The van der Waals surface area contributed by atoms with Crippen molar-refractivity contribution in [3.05, 3.63) is 0 Å². The molecule has 1 saturated heterocycles. The van der Waals surface area contributed by atoms with Crippen LogP contribution in [0.15, 0.2) is 0 Å². The van der Waals surface area contributed by atoms with Crippen LogP contribution in [0.2, 0.25) is 0 Å². The van der Waals surface area contributed by atoms with Gasteiger partial charge >= 0.3 is 0 Å². The van der Waals surface area contributed by atoms with E-state index in [1.165, 1.54) is 19.4 Å². The van der Waals surface area contributed by atoms with Crippen LogP contribution in [0.5, 0.6) is 0 Å². The molecule has 0 aromatic carbocycles. The third kappa shape index (κ3) is 3.58. The van der Waals surface area contributed by atoms with Gasteiger partial charge in [-0.25, -0.2) is 0 Å². The minimum Gasteiger partial charge on any atom is -0.310 e. The first kappa shape index (κ1) is 12.0. The van der Waals surface area contributed by atoms with E-state index in [9.17, 15) is 0 Å². The summed E-state index contributed by atoms with van der Waals surface area (Å²) in [7, 11) is 2.26. The maximum atomic E-state index is 3.57. The molecule has 1 atom stereocenters. The summed E-state index contributed by atoms with van der Waals surface area (Å²) in [6.45, 7) is 11.6. The zero-order valence-electron chi connectivity index (χ0n) is 10.4. The highest BCUT2D eigenvalue weighted by Crippen LogP contribution is 2.21.